The Morgan fingerprint density at radius 2 is 1.67 bits per heavy atom. The minimum atomic E-state index is -5.08. The van der Waals surface area contributed by atoms with Crippen molar-refractivity contribution in [3.8, 4) is 0 Å². The standard InChI is InChI=1S/C4H10O.C2HF3O2/c1-3-4(2)5;3-2(4,5)1(6)7/h4-5H,3H2,1-2H3;(H,6,7). The molecule has 0 saturated carbocycles. The van der Waals surface area contributed by atoms with Gasteiger partial charge in [-0.1, -0.05) is 6.92 Å². The van der Waals surface area contributed by atoms with Crippen LogP contribution in [0, 0.1) is 0 Å². The minimum absolute atomic E-state index is 0.116. The van der Waals surface area contributed by atoms with Crippen molar-refractivity contribution in [3.63, 3.8) is 0 Å². The molecule has 12 heavy (non-hydrogen) atoms. The van der Waals surface area contributed by atoms with Gasteiger partial charge in [-0.05, 0) is 13.3 Å². The number of halogens is 3. The Morgan fingerprint density at radius 1 is 1.50 bits per heavy atom. The van der Waals surface area contributed by atoms with E-state index in [-0.39, 0.29) is 6.10 Å². The lowest BCUT2D eigenvalue weighted by Crippen LogP contribution is -2.21. The number of aliphatic hydroxyl groups excluding tert-OH is 1. The monoisotopic (exact) mass is 188 g/mol. The Balaban J connectivity index is 0. The Bertz CT molecular complexity index is 130. The van der Waals surface area contributed by atoms with Gasteiger partial charge in [0.15, 0.2) is 0 Å². The van der Waals surface area contributed by atoms with Crippen molar-refractivity contribution in [2.24, 2.45) is 0 Å². The van der Waals surface area contributed by atoms with Gasteiger partial charge in [-0.2, -0.15) is 13.2 Å². The van der Waals surface area contributed by atoms with Gasteiger partial charge in [-0.3, -0.25) is 0 Å². The van der Waals surface area contributed by atoms with Gasteiger partial charge in [-0.25, -0.2) is 4.79 Å². The Labute approximate surface area is 67.8 Å². The van der Waals surface area contributed by atoms with Gasteiger partial charge in [0.2, 0.25) is 0 Å². The van der Waals surface area contributed by atoms with E-state index in [1.807, 2.05) is 6.92 Å². The number of hydrogen-bond acceptors (Lipinski definition) is 2. The lowest BCUT2D eigenvalue weighted by Gasteiger charge is -1.93. The quantitative estimate of drug-likeness (QED) is 0.654. The van der Waals surface area contributed by atoms with Crippen molar-refractivity contribution in [2.45, 2.75) is 32.5 Å². The zero-order chi connectivity index (χ0) is 10.4. The number of aliphatic hydroxyl groups is 1. The number of alkyl halides is 3. The van der Waals surface area contributed by atoms with Crippen LogP contribution in [0.3, 0.4) is 0 Å². The smallest absolute Gasteiger partial charge is 0.475 e. The predicted molar refractivity (Wildman–Crippen MR) is 35.7 cm³/mol. The Kier molecular flexibility index (Phi) is 6.68. The summed E-state index contributed by atoms with van der Waals surface area (Å²) >= 11 is 0. The number of carboxylic acid groups (broad SMARTS) is 1. The summed E-state index contributed by atoms with van der Waals surface area (Å²) in [5.41, 5.74) is 0. The summed E-state index contributed by atoms with van der Waals surface area (Å²) in [6.07, 6.45) is -4.34. The number of aliphatic carboxylic acids is 1. The summed E-state index contributed by atoms with van der Waals surface area (Å²) in [6.45, 7) is 3.73. The summed E-state index contributed by atoms with van der Waals surface area (Å²) in [7, 11) is 0. The molecular weight excluding hydrogens is 177 g/mol. The number of rotatable bonds is 1. The molecule has 0 rings (SSSR count). The third-order valence-corrected chi connectivity index (χ3v) is 0.833. The lowest BCUT2D eigenvalue weighted by molar-refractivity contribution is -0.192. The predicted octanol–water partition coefficient (Wildman–Crippen LogP) is 1.41. The van der Waals surface area contributed by atoms with Gasteiger partial charge in [-0.15, -0.1) is 0 Å². The molecule has 1 atom stereocenters. The summed E-state index contributed by atoms with van der Waals surface area (Å²) < 4.78 is 31.7. The van der Waals surface area contributed by atoms with Crippen LogP contribution in [0.25, 0.3) is 0 Å². The van der Waals surface area contributed by atoms with Crippen LogP contribution in [-0.4, -0.2) is 28.5 Å². The fourth-order valence-corrected chi connectivity index (χ4v) is 0. The first-order valence-corrected chi connectivity index (χ1v) is 3.20. The first-order valence-electron chi connectivity index (χ1n) is 3.20. The normalized spacial score (nSPS) is 12.8. The van der Waals surface area contributed by atoms with Gasteiger partial charge in [0.25, 0.3) is 0 Å². The van der Waals surface area contributed by atoms with Gasteiger partial charge >= 0.3 is 12.1 Å². The summed E-state index contributed by atoms with van der Waals surface area (Å²) in [5.74, 6) is -2.76. The maximum Gasteiger partial charge on any atom is 0.490 e. The van der Waals surface area contributed by atoms with E-state index in [0.717, 1.165) is 6.42 Å². The maximum absolute atomic E-state index is 10.6. The number of carbonyl (C=O) groups is 1. The van der Waals surface area contributed by atoms with Crippen LogP contribution in [-0.2, 0) is 4.79 Å². The van der Waals surface area contributed by atoms with Crippen LogP contribution in [0.5, 0.6) is 0 Å². The van der Waals surface area contributed by atoms with Crippen LogP contribution in [0.1, 0.15) is 20.3 Å². The Morgan fingerprint density at radius 3 is 1.67 bits per heavy atom. The summed E-state index contributed by atoms with van der Waals surface area (Å²) in [6, 6.07) is 0. The lowest BCUT2D eigenvalue weighted by atomic mass is 10.3. The van der Waals surface area contributed by atoms with E-state index in [0.29, 0.717) is 0 Å². The van der Waals surface area contributed by atoms with Crippen LogP contribution >= 0.6 is 0 Å². The van der Waals surface area contributed by atoms with Crippen molar-refractivity contribution >= 4 is 5.97 Å². The van der Waals surface area contributed by atoms with Crippen LogP contribution in [0.2, 0.25) is 0 Å². The van der Waals surface area contributed by atoms with E-state index >= 15 is 0 Å². The largest absolute Gasteiger partial charge is 0.490 e. The molecule has 0 radical (unpaired) electrons. The van der Waals surface area contributed by atoms with Crippen molar-refractivity contribution in [2.75, 3.05) is 0 Å². The molecule has 6 heteroatoms. The molecule has 0 aliphatic heterocycles. The van der Waals surface area contributed by atoms with Crippen LogP contribution in [0.4, 0.5) is 13.2 Å². The molecule has 0 aromatic heterocycles. The highest BCUT2D eigenvalue weighted by atomic mass is 19.4. The van der Waals surface area contributed by atoms with Crippen LogP contribution in [0.15, 0.2) is 0 Å². The molecule has 2 N–H and O–H groups in total. The molecule has 0 aromatic rings. The van der Waals surface area contributed by atoms with Crippen molar-refractivity contribution in [1.82, 2.24) is 0 Å². The van der Waals surface area contributed by atoms with Gasteiger partial charge in [0.05, 0.1) is 6.10 Å². The van der Waals surface area contributed by atoms with Crippen molar-refractivity contribution < 1.29 is 28.2 Å². The topological polar surface area (TPSA) is 57.5 Å². The summed E-state index contributed by atoms with van der Waals surface area (Å²) in [5, 5.41) is 15.5. The van der Waals surface area contributed by atoms with Gasteiger partial charge in [0, 0.05) is 0 Å². The minimum Gasteiger partial charge on any atom is -0.475 e. The molecule has 0 aromatic carbocycles. The molecule has 0 saturated heterocycles. The van der Waals surface area contributed by atoms with Crippen LogP contribution < -0.4 is 0 Å². The highest BCUT2D eigenvalue weighted by molar-refractivity contribution is 5.73. The molecule has 0 spiro atoms. The molecule has 0 aliphatic carbocycles. The zero-order valence-corrected chi connectivity index (χ0v) is 6.72. The van der Waals surface area contributed by atoms with Gasteiger partial charge < -0.3 is 10.2 Å². The molecule has 74 valence electrons. The number of carboxylic acids is 1. The average Bonchev–Trinajstić information content (AvgIpc) is 1.87. The molecule has 0 aliphatic rings. The highest BCUT2D eigenvalue weighted by Crippen LogP contribution is 2.13. The third kappa shape index (κ3) is 12.0. The molecule has 0 heterocycles. The van der Waals surface area contributed by atoms with Crippen molar-refractivity contribution in [3.05, 3.63) is 0 Å². The van der Waals surface area contributed by atoms with E-state index in [2.05, 4.69) is 0 Å². The maximum atomic E-state index is 10.6. The van der Waals surface area contributed by atoms with E-state index in [1.54, 1.807) is 6.92 Å². The second kappa shape index (κ2) is 5.82. The van der Waals surface area contributed by atoms with Gasteiger partial charge in [0.1, 0.15) is 0 Å². The molecule has 0 fully saturated rings. The molecular formula is C6H11F3O3. The zero-order valence-electron chi connectivity index (χ0n) is 6.72. The van der Waals surface area contributed by atoms with Crippen molar-refractivity contribution in [1.29, 1.82) is 0 Å². The third-order valence-electron chi connectivity index (χ3n) is 0.833. The molecule has 0 amide bonds. The fourth-order valence-electron chi connectivity index (χ4n) is 0. The van der Waals surface area contributed by atoms with E-state index in [4.69, 9.17) is 15.0 Å². The second-order valence-electron chi connectivity index (χ2n) is 2.06. The van der Waals surface area contributed by atoms with E-state index in [1.165, 1.54) is 0 Å². The molecule has 3 nitrogen and oxygen atoms in total. The molecule has 1 unspecified atom stereocenters. The molecule has 0 bridgehead atoms. The average molecular weight is 188 g/mol. The highest BCUT2D eigenvalue weighted by Gasteiger charge is 2.38. The van der Waals surface area contributed by atoms with E-state index < -0.39 is 12.1 Å². The number of hydrogen-bond donors (Lipinski definition) is 2. The Hall–Kier alpha value is -0.780. The fraction of sp³-hybridized carbons (Fsp3) is 0.833. The van der Waals surface area contributed by atoms with E-state index in [9.17, 15) is 13.2 Å². The first kappa shape index (κ1) is 13.8. The first-order chi connectivity index (χ1) is 5.21. The SMILES string of the molecule is CCC(C)O.O=C(O)C(F)(F)F. The second-order valence-corrected chi connectivity index (χ2v) is 2.06. The summed E-state index contributed by atoms with van der Waals surface area (Å²) in [4.78, 5) is 8.90.